The number of alkyl halides is 3. The molecule has 1 N–H and O–H groups in total. The van der Waals surface area contributed by atoms with Crippen LogP contribution in [0.25, 0.3) is 0 Å². The summed E-state index contributed by atoms with van der Waals surface area (Å²) in [5.74, 6) is 0.529. The maximum absolute atomic E-state index is 13.0. The molecule has 0 aliphatic heterocycles. The quantitative estimate of drug-likeness (QED) is 0.849. The molecule has 0 bridgehead atoms. The first-order chi connectivity index (χ1) is 8.99. The summed E-state index contributed by atoms with van der Waals surface area (Å²) in [4.78, 5) is 4.06. The number of nitrogens with zero attached hydrogens (tertiary/aromatic N) is 1. The lowest BCUT2D eigenvalue weighted by Crippen LogP contribution is -2.35. The zero-order valence-corrected chi connectivity index (χ0v) is 14.0. The van der Waals surface area contributed by atoms with E-state index in [1.165, 1.54) is 0 Å². The number of hydrogen-bond acceptors (Lipinski definition) is 4. The number of halogens is 3. The molecular weight excluding hydrogens is 305 g/mol. The highest BCUT2D eigenvalue weighted by atomic mass is 32.2. The van der Waals surface area contributed by atoms with E-state index in [9.17, 15) is 13.2 Å². The Morgan fingerprint density at radius 3 is 2.30 bits per heavy atom. The fourth-order valence-corrected chi connectivity index (χ4v) is 3.19. The average molecular weight is 326 g/mol. The van der Waals surface area contributed by atoms with Crippen molar-refractivity contribution in [3.63, 3.8) is 0 Å². The SMILES string of the molecule is CC(C)SCc1nc(C(F)(F)F)c(CNC(C)(C)C)s1. The van der Waals surface area contributed by atoms with E-state index in [1.54, 1.807) is 11.8 Å². The van der Waals surface area contributed by atoms with Gasteiger partial charge in [-0.05, 0) is 26.0 Å². The van der Waals surface area contributed by atoms with Gasteiger partial charge in [-0.25, -0.2) is 4.98 Å². The minimum Gasteiger partial charge on any atom is -0.307 e. The van der Waals surface area contributed by atoms with Gasteiger partial charge in [0.15, 0.2) is 5.69 Å². The first kappa shape index (κ1) is 17.8. The van der Waals surface area contributed by atoms with Gasteiger partial charge in [-0.2, -0.15) is 24.9 Å². The first-order valence-corrected chi connectivity index (χ1v) is 8.28. The zero-order valence-electron chi connectivity index (χ0n) is 12.4. The maximum Gasteiger partial charge on any atom is 0.434 e. The molecule has 116 valence electrons. The third kappa shape index (κ3) is 6.01. The molecule has 0 saturated heterocycles. The molecular formula is C13H21F3N2S2. The molecule has 7 heteroatoms. The maximum atomic E-state index is 13.0. The van der Waals surface area contributed by atoms with E-state index < -0.39 is 11.9 Å². The molecule has 20 heavy (non-hydrogen) atoms. The molecule has 0 aliphatic carbocycles. The molecule has 0 aromatic carbocycles. The van der Waals surface area contributed by atoms with Gasteiger partial charge >= 0.3 is 6.18 Å². The van der Waals surface area contributed by atoms with Gasteiger partial charge in [0.1, 0.15) is 5.01 Å². The van der Waals surface area contributed by atoms with Crippen LogP contribution in [0.2, 0.25) is 0 Å². The van der Waals surface area contributed by atoms with Crippen LogP contribution in [0.5, 0.6) is 0 Å². The van der Waals surface area contributed by atoms with Gasteiger partial charge < -0.3 is 5.32 Å². The first-order valence-electron chi connectivity index (χ1n) is 6.41. The summed E-state index contributed by atoms with van der Waals surface area (Å²) in [7, 11) is 0. The van der Waals surface area contributed by atoms with Crippen LogP contribution in [-0.4, -0.2) is 15.8 Å². The van der Waals surface area contributed by atoms with Crippen LogP contribution >= 0.6 is 23.1 Å². The van der Waals surface area contributed by atoms with Crippen LogP contribution in [0.15, 0.2) is 0 Å². The molecule has 0 aliphatic rings. The Morgan fingerprint density at radius 2 is 1.85 bits per heavy atom. The van der Waals surface area contributed by atoms with E-state index in [2.05, 4.69) is 10.3 Å². The van der Waals surface area contributed by atoms with E-state index >= 15 is 0 Å². The summed E-state index contributed by atoms with van der Waals surface area (Å²) in [5.41, 5.74) is -0.960. The molecule has 1 aromatic heterocycles. The van der Waals surface area contributed by atoms with Crippen LogP contribution in [0.4, 0.5) is 13.2 Å². The van der Waals surface area contributed by atoms with Gasteiger partial charge in [0.05, 0.1) is 4.88 Å². The Labute approximate surface area is 126 Å². The second-order valence-electron chi connectivity index (χ2n) is 5.84. The smallest absolute Gasteiger partial charge is 0.307 e. The van der Waals surface area contributed by atoms with Gasteiger partial charge in [-0.3, -0.25) is 0 Å². The molecule has 1 aromatic rings. The van der Waals surface area contributed by atoms with Crippen molar-refractivity contribution >= 4 is 23.1 Å². The third-order valence-electron chi connectivity index (χ3n) is 2.33. The molecule has 1 rings (SSSR count). The third-order valence-corrected chi connectivity index (χ3v) is 4.67. The minimum absolute atomic E-state index is 0.197. The van der Waals surface area contributed by atoms with Crippen LogP contribution in [0.1, 0.15) is 50.2 Å². The predicted octanol–water partition coefficient (Wildman–Crippen LogP) is 4.69. The van der Waals surface area contributed by atoms with Crippen LogP contribution in [0.3, 0.4) is 0 Å². The number of hydrogen-bond donors (Lipinski definition) is 1. The van der Waals surface area contributed by atoms with Gasteiger partial charge in [0.25, 0.3) is 0 Å². The van der Waals surface area contributed by atoms with E-state index in [1.807, 2.05) is 34.6 Å². The Bertz CT molecular complexity index is 434. The van der Waals surface area contributed by atoms with Crippen molar-refractivity contribution in [1.82, 2.24) is 10.3 Å². The molecule has 2 nitrogen and oxygen atoms in total. The zero-order chi connectivity index (χ0) is 15.6. The lowest BCUT2D eigenvalue weighted by molar-refractivity contribution is -0.141. The fourth-order valence-electron chi connectivity index (χ4n) is 1.39. The largest absolute Gasteiger partial charge is 0.434 e. The lowest BCUT2D eigenvalue weighted by Gasteiger charge is -2.20. The van der Waals surface area contributed by atoms with Gasteiger partial charge in [-0.15, -0.1) is 11.3 Å². The summed E-state index contributed by atoms with van der Waals surface area (Å²) >= 11 is 2.76. The van der Waals surface area contributed by atoms with Crippen LogP contribution in [0, 0.1) is 0 Å². The summed E-state index contributed by atoms with van der Waals surface area (Å²) in [6.45, 7) is 10.0. The minimum atomic E-state index is -4.38. The van der Waals surface area contributed by atoms with E-state index in [0.29, 0.717) is 16.0 Å². The summed E-state index contributed by atoms with van der Waals surface area (Å²) in [6.07, 6.45) is -4.38. The topological polar surface area (TPSA) is 24.9 Å². The number of thioether (sulfide) groups is 1. The predicted molar refractivity (Wildman–Crippen MR) is 80.1 cm³/mol. The average Bonchev–Trinajstić information content (AvgIpc) is 2.65. The second-order valence-corrected chi connectivity index (χ2v) is 8.57. The second kappa shape index (κ2) is 6.66. The molecule has 0 atom stereocenters. The van der Waals surface area contributed by atoms with Crippen molar-refractivity contribution in [3.8, 4) is 0 Å². The van der Waals surface area contributed by atoms with Crippen LogP contribution < -0.4 is 5.32 Å². The highest BCUT2D eigenvalue weighted by Gasteiger charge is 2.37. The van der Waals surface area contributed by atoms with Gasteiger partial charge in [-0.1, -0.05) is 13.8 Å². The van der Waals surface area contributed by atoms with E-state index in [-0.39, 0.29) is 17.0 Å². The molecule has 1 heterocycles. The van der Waals surface area contributed by atoms with E-state index in [4.69, 9.17) is 0 Å². The summed E-state index contributed by atoms with van der Waals surface area (Å²) in [5, 5.41) is 4.01. The standard InChI is InChI=1S/C13H21F3N2S2/c1-8(2)19-7-10-18-11(13(14,15)16)9(20-10)6-17-12(3,4)5/h8,17H,6-7H2,1-5H3. The molecule has 0 saturated carbocycles. The van der Waals surface area contributed by atoms with Crippen molar-refractivity contribution in [2.24, 2.45) is 0 Å². The number of rotatable bonds is 5. The Kier molecular flexibility index (Phi) is 5.92. The number of nitrogens with one attached hydrogen (secondary N) is 1. The monoisotopic (exact) mass is 326 g/mol. The highest BCUT2D eigenvalue weighted by molar-refractivity contribution is 7.99. The van der Waals surface area contributed by atoms with Crippen molar-refractivity contribution < 1.29 is 13.2 Å². The summed E-state index contributed by atoms with van der Waals surface area (Å²) < 4.78 is 39.0. The Hall–Kier alpha value is -0.270. The molecule has 0 unspecified atom stereocenters. The van der Waals surface area contributed by atoms with Crippen molar-refractivity contribution in [2.75, 3.05) is 0 Å². The van der Waals surface area contributed by atoms with Crippen molar-refractivity contribution in [3.05, 3.63) is 15.6 Å². The van der Waals surface area contributed by atoms with Gasteiger partial charge in [0.2, 0.25) is 0 Å². The van der Waals surface area contributed by atoms with Crippen molar-refractivity contribution in [1.29, 1.82) is 0 Å². The molecule has 0 fully saturated rings. The fraction of sp³-hybridized carbons (Fsp3) is 0.769. The number of thiazole rings is 1. The van der Waals surface area contributed by atoms with Crippen molar-refractivity contribution in [2.45, 2.75) is 63.9 Å². The van der Waals surface area contributed by atoms with Gasteiger partial charge in [0, 0.05) is 17.8 Å². The normalized spacial score (nSPS) is 13.2. The number of aromatic nitrogens is 1. The molecule has 0 spiro atoms. The highest BCUT2D eigenvalue weighted by Crippen LogP contribution is 2.35. The Balaban J connectivity index is 2.89. The Morgan fingerprint density at radius 1 is 1.25 bits per heavy atom. The molecule has 0 radical (unpaired) electrons. The van der Waals surface area contributed by atoms with E-state index in [0.717, 1.165) is 11.3 Å². The summed E-state index contributed by atoms with van der Waals surface area (Å²) in [6, 6.07) is 0. The van der Waals surface area contributed by atoms with Crippen LogP contribution in [-0.2, 0) is 18.5 Å². The lowest BCUT2D eigenvalue weighted by atomic mass is 10.1. The molecule has 0 amide bonds.